The van der Waals surface area contributed by atoms with Crippen molar-refractivity contribution >= 4 is 18.2 Å². The third-order valence-corrected chi connectivity index (χ3v) is 8.46. The Morgan fingerprint density at radius 3 is 1.41 bits per heavy atom. The summed E-state index contributed by atoms with van der Waals surface area (Å²) in [6.07, 6.45) is -9.80. The first-order valence-corrected chi connectivity index (χ1v) is 17.4. The Balaban J connectivity index is 0.000000291. The molecular weight excluding hydrogens is 726 g/mol. The summed E-state index contributed by atoms with van der Waals surface area (Å²) in [5, 5.41) is 9.73. The summed E-state index contributed by atoms with van der Waals surface area (Å²) in [7, 11) is 1.19. The van der Waals surface area contributed by atoms with Crippen molar-refractivity contribution in [2.75, 3.05) is 66.1 Å². The molecule has 2 unspecified atom stereocenters. The summed E-state index contributed by atoms with van der Waals surface area (Å²) in [6.45, 7) is 13.2. The molecule has 2 aromatic rings. The van der Waals surface area contributed by atoms with Crippen molar-refractivity contribution < 1.29 is 60.0 Å². The van der Waals surface area contributed by atoms with Gasteiger partial charge in [0, 0.05) is 52.4 Å². The number of aliphatic hydroxyl groups excluding tert-OH is 1. The average Bonchev–Trinajstić information content (AvgIpc) is 3.07. The van der Waals surface area contributed by atoms with Gasteiger partial charge in [0.2, 0.25) is 0 Å². The van der Waals surface area contributed by atoms with Crippen molar-refractivity contribution in [3.63, 3.8) is 0 Å². The summed E-state index contributed by atoms with van der Waals surface area (Å²) in [6, 6.07) is 8.14. The highest BCUT2D eigenvalue weighted by atomic mass is 19.4. The normalized spacial score (nSPS) is 17.5. The Bertz CT molecular complexity index is 1560. The van der Waals surface area contributed by atoms with Crippen LogP contribution in [0.1, 0.15) is 75.9 Å². The molecule has 0 bridgehead atoms. The van der Waals surface area contributed by atoms with Gasteiger partial charge in [-0.05, 0) is 76.9 Å². The zero-order valence-corrected chi connectivity index (χ0v) is 31.6. The summed E-state index contributed by atoms with van der Waals surface area (Å²) >= 11 is 0. The van der Waals surface area contributed by atoms with E-state index in [0.29, 0.717) is 57.9 Å². The van der Waals surface area contributed by atoms with Crippen LogP contribution in [0.5, 0.6) is 0 Å². The van der Waals surface area contributed by atoms with Gasteiger partial charge in [0.1, 0.15) is 17.2 Å². The van der Waals surface area contributed by atoms with E-state index in [1.165, 1.54) is 30.2 Å². The second kappa shape index (κ2) is 18.0. The van der Waals surface area contributed by atoms with Gasteiger partial charge in [0.25, 0.3) is 0 Å². The number of piperazine rings is 2. The first-order valence-electron chi connectivity index (χ1n) is 17.4. The van der Waals surface area contributed by atoms with E-state index in [9.17, 15) is 45.8 Å². The number of alkyl halides is 6. The molecule has 2 aliphatic rings. The molecule has 0 spiro atoms. The molecular formula is C37H50F6N4O7. The maximum atomic E-state index is 13.0. The van der Waals surface area contributed by atoms with Crippen LogP contribution < -0.4 is 0 Å². The number of nitrogens with zero attached hydrogens (tertiary/aromatic N) is 4. The molecule has 54 heavy (non-hydrogen) atoms. The number of carbonyl (C=O) groups excluding carboxylic acids is 3. The minimum atomic E-state index is -4.51. The van der Waals surface area contributed by atoms with Gasteiger partial charge in [0.15, 0.2) is 0 Å². The number of ether oxygens (including phenoxy) is 3. The Labute approximate surface area is 311 Å². The molecule has 11 nitrogen and oxygen atoms in total. The lowest BCUT2D eigenvalue weighted by Crippen LogP contribution is -2.52. The van der Waals surface area contributed by atoms with Crippen LogP contribution in [-0.4, -0.2) is 120 Å². The molecule has 1 N–H and O–H groups in total. The van der Waals surface area contributed by atoms with Crippen LogP contribution >= 0.6 is 0 Å². The van der Waals surface area contributed by atoms with Crippen LogP contribution in [0.4, 0.5) is 35.9 Å². The highest BCUT2D eigenvalue weighted by molar-refractivity contribution is 5.78. The van der Waals surface area contributed by atoms with E-state index in [1.54, 1.807) is 57.4 Å². The average molecular weight is 777 g/mol. The standard InChI is InChI=1S/C19H25F3N2O4.C18H25F3N2O3/c1-18(2,3)28-17(26)24-10-8-23(9-11-24)15(16(25)27-4)13-6-5-7-14(12-13)19(20,21)22;1-17(2,3)26-16(25)23-9-7-22(8-10-23)15(12-24)13-5-4-6-14(11-13)18(19,20)21/h5-7,12,15H,8-11H2,1-4H3;4-6,11,15,24H,7-10,12H2,1-3H3. The van der Waals surface area contributed by atoms with E-state index in [0.717, 1.165) is 24.3 Å². The molecule has 2 atom stereocenters. The van der Waals surface area contributed by atoms with Gasteiger partial charge >= 0.3 is 30.5 Å². The number of esters is 1. The summed E-state index contributed by atoms with van der Waals surface area (Å²) < 4.78 is 93.4. The van der Waals surface area contributed by atoms with Crippen LogP contribution in [0.25, 0.3) is 0 Å². The lowest BCUT2D eigenvalue weighted by molar-refractivity contribution is -0.148. The molecule has 2 fully saturated rings. The maximum absolute atomic E-state index is 13.0. The number of carbonyl (C=O) groups is 3. The van der Waals surface area contributed by atoms with Gasteiger partial charge in [-0.25, -0.2) is 14.4 Å². The lowest BCUT2D eigenvalue weighted by atomic mass is 10.0. The zero-order valence-electron chi connectivity index (χ0n) is 31.6. The Kier molecular flexibility index (Phi) is 14.8. The van der Waals surface area contributed by atoms with E-state index in [-0.39, 0.29) is 12.2 Å². The number of aliphatic hydroxyl groups is 1. The summed E-state index contributed by atoms with van der Waals surface area (Å²) in [5.41, 5.74) is -2.16. The summed E-state index contributed by atoms with van der Waals surface area (Å²) in [5.74, 6) is -0.648. The van der Waals surface area contributed by atoms with E-state index in [1.807, 2.05) is 4.90 Å². The molecule has 2 heterocycles. The zero-order chi connectivity index (χ0) is 40.6. The molecule has 0 saturated carbocycles. The van der Waals surface area contributed by atoms with E-state index < -0.39 is 64.9 Å². The van der Waals surface area contributed by atoms with Crippen LogP contribution in [0, 0.1) is 0 Å². The van der Waals surface area contributed by atoms with Crippen molar-refractivity contribution in [2.24, 2.45) is 0 Å². The monoisotopic (exact) mass is 776 g/mol. The third-order valence-electron chi connectivity index (χ3n) is 8.46. The SMILES string of the molecule is CC(C)(C)OC(=O)N1CCN(C(CO)c2cccc(C(F)(F)F)c2)CC1.COC(=O)C(c1cccc(C(F)(F)F)c1)N1CCN(C(=O)OC(C)(C)C)CC1. The topological polar surface area (TPSA) is 112 Å². The van der Waals surface area contributed by atoms with Gasteiger partial charge < -0.3 is 29.1 Å². The predicted octanol–water partition coefficient (Wildman–Crippen LogP) is 6.76. The van der Waals surface area contributed by atoms with Crippen molar-refractivity contribution in [3.8, 4) is 0 Å². The fourth-order valence-corrected chi connectivity index (χ4v) is 5.88. The van der Waals surface area contributed by atoms with Gasteiger partial charge in [-0.2, -0.15) is 26.3 Å². The fraction of sp³-hybridized carbons (Fsp3) is 0.595. The molecule has 2 aromatic carbocycles. The van der Waals surface area contributed by atoms with Gasteiger partial charge in [-0.15, -0.1) is 0 Å². The number of methoxy groups -OCH3 is 1. The Hall–Kier alpha value is -4.09. The van der Waals surface area contributed by atoms with Gasteiger partial charge in [-0.3, -0.25) is 9.80 Å². The molecule has 0 aliphatic carbocycles. The molecule has 0 radical (unpaired) electrons. The van der Waals surface area contributed by atoms with E-state index in [2.05, 4.69) is 0 Å². The van der Waals surface area contributed by atoms with Crippen molar-refractivity contribution in [1.82, 2.24) is 19.6 Å². The molecule has 2 amide bonds. The first kappa shape index (κ1) is 44.3. The number of hydrogen-bond acceptors (Lipinski definition) is 9. The van der Waals surface area contributed by atoms with Crippen molar-refractivity contribution in [2.45, 2.75) is 77.2 Å². The van der Waals surface area contributed by atoms with Gasteiger partial charge in [0.05, 0.1) is 30.9 Å². The quantitative estimate of drug-likeness (QED) is 0.193. The van der Waals surface area contributed by atoms with Crippen LogP contribution in [0.3, 0.4) is 0 Å². The second-order valence-corrected chi connectivity index (χ2v) is 14.9. The minimum Gasteiger partial charge on any atom is -0.468 e. The van der Waals surface area contributed by atoms with Gasteiger partial charge in [-0.1, -0.05) is 24.3 Å². The Morgan fingerprint density at radius 2 is 1.04 bits per heavy atom. The lowest BCUT2D eigenvalue weighted by Gasteiger charge is -2.39. The smallest absolute Gasteiger partial charge is 0.416 e. The molecule has 2 aliphatic heterocycles. The minimum absolute atomic E-state index is 0.201. The Morgan fingerprint density at radius 1 is 0.648 bits per heavy atom. The number of halogens is 6. The third kappa shape index (κ3) is 13.0. The summed E-state index contributed by atoms with van der Waals surface area (Å²) in [4.78, 5) is 43.3. The maximum Gasteiger partial charge on any atom is 0.416 e. The fourth-order valence-electron chi connectivity index (χ4n) is 5.88. The first-order chi connectivity index (χ1) is 24.9. The van der Waals surface area contributed by atoms with Crippen molar-refractivity contribution in [3.05, 3.63) is 70.8 Å². The number of benzene rings is 2. The van der Waals surface area contributed by atoms with E-state index >= 15 is 0 Å². The molecule has 17 heteroatoms. The number of hydrogen-bond donors (Lipinski definition) is 1. The molecule has 0 aromatic heterocycles. The van der Waals surface area contributed by atoms with Crippen LogP contribution in [0.2, 0.25) is 0 Å². The largest absolute Gasteiger partial charge is 0.468 e. The van der Waals surface area contributed by atoms with Crippen molar-refractivity contribution in [1.29, 1.82) is 0 Å². The molecule has 4 rings (SSSR count). The predicted molar refractivity (Wildman–Crippen MR) is 186 cm³/mol. The van der Waals surface area contributed by atoms with Crippen LogP contribution in [0.15, 0.2) is 48.5 Å². The van der Waals surface area contributed by atoms with Crippen LogP contribution in [-0.2, 0) is 31.4 Å². The molecule has 2 saturated heterocycles. The number of amides is 2. The van der Waals surface area contributed by atoms with E-state index in [4.69, 9.17) is 14.2 Å². The molecule has 302 valence electrons. The highest BCUT2D eigenvalue weighted by Gasteiger charge is 2.37. The number of rotatable bonds is 6. The second-order valence-electron chi connectivity index (χ2n) is 14.9. The highest BCUT2D eigenvalue weighted by Crippen LogP contribution is 2.34.